The van der Waals surface area contributed by atoms with Crippen LogP contribution in [0.2, 0.25) is 0 Å². The monoisotopic (exact) mass is 268 g/mol. The molecule has 10 heteroatoms. The van der Waals surface area contributed by atoms with Gasteiger partial charge in [-0.1, -0.05) is 0 Å². The van der Waals surface area contributed by atoms with E-state index in [2.05, 4.69) is 4.31 Å². The quantitative estimate of drug-likeness (QED) is 0.493. The predicted molar refractivity (Wildman–Crippen MR) is 54.1 cm³/mol. The van der Waals surface area contributed by atoms with Crippen molar-refractivity contribution in [2.24, 2.45) is 0 Å². The van der Waals surface area contributed by atoms with Crippen LogP contribution in [0.5, 0.6) is 0 Å². The van der Waals surface area contributed by atoms with Crippen LogP contribution in [0.4, 0.5) is 0 Å². The van der Waals surface area contributed by atoms with Crippen LogP contribution in [-0.2, 0) is 18.6 Å². The van der Waals surface area contributed by atoms with Crippen molar-refractivity contribution in [2.45, 2.75) is 13.8 Å². The molecule has 0 aliphatic heterocycles. The molecule has 0 unspecified atom stereocenters. The molecule has 0 aliphatic carbocycles. The van der Waals surface area contributed by atoms with E-state index in [1.807, 2.05) is 0 Å². The third-order valence-corrected chi connectivity index (χ3v) is 12.4. The topological polar surface area (TPSA) is 121 Å². The van der Waals surface area contributed by atoms with Gasteiger partial charge in [0, 0.05) is 0 Å². The van der Waals surface area contributed by atoms with Gasteiger partial charge in [-0.2, -0.15) is 0 Å². The van der Waals surface area contributed by atoms with Crippen molar-refractivity contribution in [1.29, 1.82) is 0 Å². The van der Waals surface area contributed by atoms with E-state index in [9.17, 15) is 13.0 Å². The van der Waals surface area contributed by atoms with Gasteiger partial charge in [0.15, 0.2) is 0 Å². The summed E-state index contributed by atoms with van der Waals surface area (Å²) in [5.41, 5.74) is 0. The molecule has 0 spiro atoms. The average Bonchev–Trinajstić information content (AvgIpc) is 1.96. The number of rotatable bonds is 5. The summed E-state index contributed by atoms with van der Waals surface area (Å²) in [6.07, 6.45) is -0.235. The predicted octanol–water partition coefficient (Wildman–Crippen LogP) is 0.603. The van der Waals surface area contributed by atoms with E-state index in [0.717, 1.165) is 0 Å². The van der Waals surface area contributed by atoms with Gasteiger partial charge in [-0.05, 0) is 0 Å². The maximum absolute atomic E-state index is 10.9. The molecular formula is C4H14O7P2S. The van der Waals surface area contributed by atoms with Crippen molar-refractivity contribution in [3.63, 3.8) is 0 Å². The van der Waals surface area contributed by atoms with E-state index in [1.54, 1.807) is 0 Å². The Kier molecular flexibility index (Phi) is 4.68. The van der Waals surface area contributed by atoms with Gasteiger partial charge in [0.25, 0.3) is 0 Å². The molecule has 0 aliphatic rings. The Bertz CT molecular complexity index is 326. The second kappa shape index (κ2) is 4.53. The van der Waals surface area contributed by atoms with Crippen molar-refractivity contribution >= 4 is 24.3 Å². The molecule has 3 N–H and O–H groups in total. The first-order valence-corrected chi connectivity index (χ1v) is 9.83. The fraction of sp³-hybridized carbons (Fsp3) is 1.00. The first kappa shape index (κ1) is 14.5. The summed E-state index contributed by atoms with van der Waals surface area (Å²) < 4.78 is 45.5. The van der Waals surface area contributed by atoms with E-state index in [-0.39, 0.29) is 12.3 Å². The molecule has 0 saturated carbocycles. The summed E-state index contributed by atoms with van der Waals surface area (Å²) in [5, 5.41) is 0. The van der Waals surface area contributed by atoms with Crippen molar-refractivity contribution in [1.82, 2.24) is 0 Å². The summed E-state index contributed by atoms with van der Waals surface area (Å²) in [5.74, 6) is 0. The zero-order chi connectivity index (χ0) is 11.6. The molecule has 0 aromatic carbocycles. The van der Waals surface area contributed by atoms with E-state index < -0.39 is 24.3 Å². The van der Waals surface area contributed by atoms with Gasteiger partial charge in [0.1, 0.15) is 0 Å². The molecule has 0 fully saturated rings. The molecule has 0 aromatic rings. The Labute approximate surface area is 82.6 Å². The van der Waals surface area contributed by atoms with Crippen LogP contribution in [-0.4, -0.2) is 35.1 Å². The van der Waals surface area contributed by atoms with Crippen LogP contribution in [0.15, 0.2) is 0 Å². The summed E-state index contributed by atoms with van der Waals surface area (Å²) >= 11 is 0. The summed E-state index contributed by atoms with van der Waals surface area (Å²) in [6, 6.07) is 0. The molecular weight excluding hydrogens is 254 g/mol. The fourth-order valence-electron chi connectivity index (χ4n) is 1.01. The van der Waals surface area contributed by atoms with Gasteiger partial charge in [-0.25, -0.2) is 0 Å². The molecule has 7 nitrogen and oxygen atoms in total. The minimum absolute atomic E-state index is 0.118. The van der Waals surface area contributed by atoms with E-state index in [0.29, 0.717) is 0 Å². The van der Waals surface area contributed by atoms with Crippen LogP contribution >= 0.6 is 14.5 Å². The first-order chi connectivity index (χ1) is 6.08. The molecule has 0 radical (unpaired) electrons. The van der Waals surface area contributed by atoms with E-state index >= 15 is 0 Å². The Hall–Kier alpha value is 0.450. The van der Waals surface area contributed by atoms with Crippen LogP contribution in [0.25, 0.3) is 0 Å². The molecule has 88 valence electrons. The molecule has 0 rings (SSSR count). The van der Waals surface area contributed by atoms with E-state index in [4.69, 9.17) is 14.3 Å². The van der Waals surface area contributed by atoms with Crippen molar-refractivity contribution in [3.8, 4) is 0 Å². The number of hydrogen-bond donors (Lipinski definition) is 3. The molecule has 0 heterocycles. The third-order valence-electron chi connectivity index (χ3n) is 1.83. The van der Waals surface area contributed by atoms with Gasteiger partial charge in [0.05, 0.1) is 0 Å². The van der Waals surface area contributed by atoms with Crippen molar-refractivity contribution < 1.29 is 31.6 Å². The maximum atomic E-state index is 10.9. The molecule has 0 atom stereocenters. The van der Waals surface area contributed by atoms with Gasteiger partial charge < -0.3 is 0 Å². The first-order valence-electron chi connectivity index (χ1n) is 3.81. The van der Waals surface area contributed by atoms with Gasteiger partial charge in [0.2, 0.25) is 0 Å². The normalized spacial score (nSPS) is 15.5. The van der Waals surface area contributed by atoms with Gasteiger partial charge in [-0.3, -0.25) is 0 Å². The summed E-state index contributed by atoms with van der Waals surface area (Å²) in [4.78, 5) is 17.1. The molecule has 0 bridgehead atoms. The van der Waals surface area contributed by atoms with Crippen molar-refractivity contribution in [3.05, 3.63) is 0 Å². The molecule has 14 heavy (non-hydrogen) atoms. The van der Waals surface area contributed by atoms with Crippen LogP contribution in [0.1, 0.15) is 13.8 Å². The SMILES string of the molecule is CC[PH](CC)(OP(=O)(O)O)S(=O)(=O)O. The zero-order valence-corrected chi connectivity index (χ0v) is 10.5. The Morgan fingerprint density at radius 1 is 1.29 bits per heavy atom. The second-order valence-corrected chi connectivity index (χ2v) is 12.4. The minimum atomic E-state index is -4.89. The van der Waals surface area contributed by atoms with Gasteiger partial charge >= 0.3 is 82.1 Å². The second-order valence-electron chi connectivity index (χ2n) is 2.67. The standard InChI is InChI=1S/C4H14O7P2S/c1-3-12(4-2,14(8,9)10)11-13(5,6)7/h12H,3-4H2,1-2H3,(H2,5,6,7)(H,8,9,10). The summed E-state index contributed by atoms with van der Waals surface area (Å²) in [7, 11) is -9.43. The number of phosphoric acid groups is 1. The van der Waals surface area contributed by atoms with Gasteiger partial charge in [-0.15, -0.1) is 0 Å². The summed E-state index contributed by atoms with van der Waals surface area (Å²) in [6.45, 7) is -1.01. The van der Waals surface area contributed by atoms with E-state index in [1.165, 1.54) is 13.8 Å². The van der Waals surface area contributed by atoms with Crippen LogP contribution in [0.3, 0.4) is 0 Å². The van der Waals surface area contributed by atoms with Crippen molar-refractivity contribution in [2.75, 3.05) is 12.3 Å². The average molecular weight is 268 g/mol. The third kappa shape index (κ3) is 3.55. The number of hydrogen-bond acceptors (Lipinski definition) is 4. The Balaban J connectivity index is 5.22. The Morgan fingerprint density at radius 3 is 1.71 bits per heavy atom. The Morgan fingerprint density at radius 2 is 1.64 bits per heavy atom. The molecule has 0 saturated heterocycles. The van der Waals surface area contributed by atoms with Crippen LogP contribution < -0.4 is 0 Å². The molecule has 0 aromatic heterocycles. The molecule has 0 amide bonds. The van der Waals surface area contributed by atoms with Crippen LogP contribution in [0, 0.1) is 0 Å². The zero-order valence-electron chi connectivity index (χ0n) is 7.74. The fourth-order valence-corrected chi connectivity index (χ4v) is 9.29.